The van der Waals surface area contributed by atoms with E-state index in [0.717, 1.165) is 5.56 Å². The molecule has 2 N–H and O–H groups in total. The van der Waals surface area contributed by atoms with Gasteiger partial charge in [0.15, 0.2) is 6.61 Å². The molecule has 2 aromatic rings. The number of ether oxygens (including phenoxy) is 3. The summed E-state index contributed by atoms with van der Waals surface area (Å²) in [5, 5.41) is 5.53. The van der Waals surface area contributed by atoms with E-state index in [-0.39, 0.29) is 24.5 Å². The van der Waals surface area contributed by atoms with E-state index >= 15 is 0 Å². The highest BCUT2D eigenvalue weighted by Gasteiger charge is 2.16. The minimum absolute atomic E-state index is 0.187. The SMILES string of the molecule is COc1ccc(OC)c([C@@H](C)NC(=O)COc2ccccc2NC(C)=O)c1. The second kappa shape index (κ2) is 9.47. The fraction of sp³-hybridized carbons (Fsp3) is 0.300. The summed E-state index contributed by atoms with van der Waals surface area (Å²) in [6.45, 7) is 3.07. The van der Waals surface area contributed by atoms with Gasteiger partial charge in [0.25, 0.3) is 5.91 Å². The second-order valence-corrected chi connectivity index (χ2v) is 5.86. The van der Waals surface area contributed by atoms with E-state index in [1.54, 1.807) is 50.6 Å². The lowest BCUT2D eigenvalue weighted by molar-refractivity contribution is -0.123. The number of anilines is 1. The van der Waals surface area contributed by atoms with Crippen LogP contribution in [0.25, 0.3) is 0 Å². The third-order valence-electron chi connectivity index (χ3n) is 3.84. The monoisotopic (exact) mass is 372 g/mol. The first-order chi connectivity index (χ1) is 12.9. The molecular weight excluding hydrogens is 348 g/mol. The Kier molecular flexibility index (Phi) is 7.05. The summed E-state index contributed by atoms with van der Waals surface area (Å²) < 4.78 is 16.1. The van der Waals surface area contributed by atoms with Crippen molar-refractivity contribution in [3.8, 4) is 17.2 Å². The number of hydrogen-bond donors (Lipinski definition) is 2. The summed E-state index contributed by atoms with van der Waals surface area (Å²) in [6, 6.07) is 12.0. The zero-order valence-corrected chi connectivity index (χ0v) is 15.9. The Morgan fingerprint density at radius 3 is 2.44 bits per heavy atom. The predicted molar refractivity (Wildman–Crippen MR) is 102 cm³/mol. The van der Waals surface area contributed by atoms with Crippen LogP contribution in [0.1, 0.15) is 25.5 Å². The maximum absolute atomic E-state index is 12.3. The van der Waals surface area contributed by atoms with E-state index in [9.17, 15) is 9.59 Å². The molecule has 2 aromatic carbocycles. The van der Waals surface area contributed by atoms with Gasteiger partial charge in [0.2, 0.25) is 5.91 Å². The van der Waals surface area contributed by atoms with Crippen molar-refractivity contribution in [2.24, 2.45) is 0 Å². The van der Waals surface area contributed by atoms with Gasteiger partial charge >= 0.3 is 0 Å². The van der Waals surface area contributed by atoms with E-state index < -0.39 is 0 Å². The molecule has 1 atom stereocenters. The topological polar surface area (TPSA) is 85.9 Å². The van der Waals surface area contributed by atoms with Crippen molar-refractivity contribution in [2.45, 2.75) is 19.9 Å². The van der Waals surface area contributed by atoms with Crippen molar-refractivity contribution in [2.75, 3.05) is 26.1 Å². The third-order valence-corrected chi connectivity index (χ3v) is 3.84. The highest BCUT2D eigenvalue weighted by Crippen LogP contribution is 2.29. The van der Waals surface area contributed by atoms with Crippen molar-refractivity contribution in [1.82, 2.24) is 5.32 Å². The predicted octanol–water partition coefficient (Wildman–Crippen LogP) is 2.92. The summed E-state index contributed by atoms with van der Waals surface area (Å²) in [5.74, 6) is 1.24. The largest absolute Gasteiger partial charge is 0.497 e. The molecule has 0 heterocycles. The van der Waals surface area contributed by atoms with Gasteiger partial charge in [-0.25, -0.2) is 0 Å². The standard InChI is InChI=1S/C20H24N2O5/c1-13(16-11-15(25-3)9-10-18(16)26-4)21-20(24)12-27-19-8-6-5-7-17(19)22-14(2)23/h5-11,13H,12H2,1-4H3,(H,21,24)(H,22,23)/t13-/m1/s1. The van der Waals surface area contributed by atoms with Gasteiger partial charge in [-0.3, -0.25) is 9.59 Å². The van der Waals surface area contributed by atoms with E-state index in [0.29, 0.717) is 22.9 Å². The van der Waals surface area contributed by atoms with Crippen LogP contribution in [0.4, 0.5) is 5.69 Å². The molecule has 27 heavy (non-hydrogen) atoms. The minimum atomic E-state index is -0.309. The molecule has 7 heteroatoms. The average molecular weight is 372 g/mol. The first kappa shape index (κ1) is 20.1. The smallest absolute Gasteiger partial charge is 0.258 e. The molecule has 0 spiro atoms. The van der Waals surface area contributed by atoms with Crippen LogP contribution in [-0.4, -0.2) is 32.6 Å². The maximum Gasteiger partial charge on any atom is 0.258 e. The summed E-state index contributed by atoms with van der Waals surface area (Å²) in [5.41, 5.74) is 1.31. The fourth-order valence-electron chi connectivity index (χ4n) is 2.57. The molecule has 0 bridgehead atoms. The molecule has 2 rings (SSSR count). The summed E-state index contributed by atoms with van der Waals surface area (Å²) >= 11 is 0. The second-order valence-electron chi connectivity index (χ2n) is 5.86. The van der Waals surface area contributed by atoms with Gasteiger partial charge in [0.05, 0.1) is 25.9 Å². The molecule has 0 unspecified atom stereocenters. The molecule has 144 valence electrons. The third kappa shape index (κ3) is 5.64. The molecule has 7 nitrogen and oxygen atoms in total. The quantitative estimate of drug-likeness (QED) is 0.744. The normalized spacial score (nSPS) is 11.3. The van der Waals surface area contributed by atoms with Crippen molar-refractivity contribution in [3.63, 3.8) is 0 Å². The molecule has 2 amide bonds. The van der Waals surface area contributed by atoms with E-state index in [1.165, 1.54) is 6.92 Å². The number of para-hydroxylation sites is 2. The highest BCUT2D eigenvalue weighted by atomic mass is 16.5. The molecule has 0 fully saturated rings. The van der Waals surface area contributed by atoms with Crippen LogP contribution < -0.4 is 24.8 Å². The fourth-order valence-corrected chi connectivity index (χ4v) is 2.57. The summed E-state index contributed by atoms with van der Waals surface area (Å²) in [4.78, 5) is 23.5. The Morgan fingerprint density at radius 2 is 1.78 bits per heavy atom. The van der Waals surface area contributed by atoms with Gasteiger partial charge in [-0.05, 0) is 37.3 Å². The van der Waals surface area contributed by atoms with E-state index in [4.69, 9.17) is 14.2 Å². The van der Waals surface area contributed by atoms with Crippen LogP contribution in [0, 0.1) is 0 Å². The molecule has 0 aliphatic carbocycles. The summed E-state index contributed by atoms with van der Waals surface area (Å²) in [7, 11) is 3.15. The van der Waals surface area contributed by atoms with Gasteiger partial charge in [-0.1, -0.05) is 12.1 Å². The Hall–Kier alpha value is -3.22. The number of hydrogen-bond acceptors (Lipinski definition) is 5. The van der Waals surface area contributed by atoms with Crippen LogP contribution in [0.15, 0.2) is 42.5 Å². The number of amides is 2. The van der Waals surface area contributed by atoms with Crippen LogP contribution >= 0.6 is 0 Å². The van der Waals surface area contributed by atoms with Crippen LogP contribution in [0.5, 0.6) is 17.2 Å². The Labute approximate surface area is 158 Å². The van der Waals surface area contributed by atoms with Gasteiger partial charge in [-0.2, -0.15) is 0 Å². The highest BCUT2D eigenvalue weighted by molar-refractivity contribution is 5.90. The molecule has 0 aliphatic heterocycles. The van der Waals surface area contributed by atoms with Crippen molar-refractivity contribution < 1.29 is 23.8 Å². The Balaban J connectivity index is 2.01. The van der Waals surface area contributed by atoms with Gasteiger partial charge in [0, 0.05) is 12.5 Å². The lowest BCUT2D eigenvalue weighted by Crippen LogP contribution is -2.31. The molecular formula is C20H24N2O5. The van der Waals surface area contributed by atoms with E-state index in [2.05, 4.69) is 10.6 Å². The van der Waals surface area contributed by atoms with E-state index in [1.807, 2.05) is 13.0 Å². The Bertz CT molecular complexity index is 807. The number of methoxy groups -OCH3 is 2. The zero-order valence-electron chi connectivity index (χ0n) is 15.9. The van der Waals surface area contributed by atoms with Gasteiger partial charge in [-0.15, -0.1) is 0 Å². The number of benzene rings is 2. The zero-order chi connectivity index (χ0) is 19.8. The summed E-state index contributed by atoms with van der Waals surface area (Å²) in [6.07, 6.45) is 0. The number of rotatable bonds is 8. The van der Waals surface area contributed by atoms with Gasteiger partial charge < -0.3 is 24.8 Å². The van der Waals surface area contributed by atoms with Crippen LogP contribution in [-0.2, 0) is 9.59 Å². The first-order valence-corrected chi connectivity index (χ1v) is 8.45. The van der Waals surface area contributed by atoms with Gasteiger partial charge in [0.1, 0.15) is 17.2 Å². The average Bonchev–Trinajstić information content (AvgIpc) is 2.66. The van der Waals surface area contributed by atoms with Crippen LogP contribution in [0.2, 0.25) is 0 Å². The Morgan fingerprint density at radius 1 is 1.04 bits per heavy atom. The number of carbonyl (C=O) groups is 2. The van der Waals surface area contributed by atoms with Crippen molar-refractivity contribution in [3.05, 3.63) is 48.0 Å². The molecule has 0 saturated heterocycles. The molecule has 0 aliphatic rings. The lowest BCUT2D eigenvalue weighted by atomic mass is 10.1. The lowest BCUT2D eigenvalue weighted by Gasteiger charge is -2.18. The molecule has 0 radical (unpaired) electrons. The van der Waals surface area contributed by atoms with Crippen LogP contribution in [0.3, 0.4) is 0 Å². The number of nitrogens with one attached hydrogen (secondary N) is 2. The van der Waals surface area contributed by atoms with Crippen molar-refractivity contribution in [1.29, 1.82) is 0 Å². The molecule has 0 aromatic heterocycles. The first-order valence-electron chi connectivity index (χ1n) is 8.45. The molecule has 0 saturated carbocycles. The number of carbonyl (C=O) groups excluding carboxylic acids is 2. The maximum atomic E-state index is 12.3. The van der Waals surface area contributed by atoms with Crippen molar-refractivity contribution >= 4 is 17.5 Å². The minimum Gasteiger partial charge on any atom is -0.497 e.